The van der Waals surface area contributed by atoms with Crippen molar-refractivity contribution in [1.82, 2.24) is 0 Å². The molecule has 0 N–H and O–H groups in total. The van der Waals surface area contributed by atoms with E-state index in [1.807, 2.05) is 6.07 Å². The lowest BCUT2D eigenvalue weighted by molar-refractivity contribution is -0.934. The molecule has 0 saturated carbocycles. The van der Waals surface area contributed by atoms with E-state index in [2.05, 4.69) is 14.1 Å². The summed E-state index contributed by atoms with van der Waals surface area (Å²) in [6.45, 7) is 0. The molecule has 0 aromatic heterocycles. The average Bonchev–Trinajstić information content (AvgIpc) is 2.73. The normalized spacial score (nSPS) is 31.4. The van der Waals surface area contributed by atoms with Gasteiger partial charge in [-0.2, -0.15) is 0 Å². The minimum Gasteiger partial charge on any atom is -0.469 e. The summed E-state index contributed by atoms with van der Waals surface area (Å²) in [4.78, 5) is 24.7. The van der Waals surface area contributed by atoms with Crippen molar-refractivity contribution in [2.45, 2.75) is 37.5 Å². The fourth-order valence-electron chi connectivity index (χ4n) is 4.29. The third-order valence-corrected chi connectivity index (χ3v) is 5.65. The Morgan fingerprint density at radius 2 is 1.83 bits per heavy atom. The lowest BCUT2D eigenvalue weighted by Crippen LogP contribution is -2.62. The van der Waals surface area contributed by atoms with Crippen molar-refractivity contribution in [3.05, 3.63) is 35.9 Å². The summed E-state index contributed by atoms with van der Waals surface area (Å²) < 4.78 is 11.6. The smallest absolute Gasteiger partial charge is 0.338 e. The van der Waals surface area contributed by atoms with Crippen LogP contribution in [0.5, 0.6) is 0 Å². The van der Waals surface area contributed by atoms with E-state index >= 15 is 0 Å². The maximum Gasteiger partial charge on any atom is 0.338 e. The summed E-state index contributed by atoms with van der Waals surface area (Å²) in [5.41, 5.74) is 0.516. The lowest BCUT2D eigenvalue weighted by atomic mass is 9.85. The highest BCUT2D eigenvalue weighted by molar-refractivity contribution is 5.89. The zero-order valence-corrected chi connectivity index (χ0v) is 13.9. The fraction of sp³-hybridized carbons (Fsp3) is 0.556. The predicted octanol–water partition coefficient (Wildman–Crippen LogP) is 2.01. The van der Waals surface area contributed by atoms with Crippen molar-refractivity contribution in [3.63, 3.8) is 0 Å². The summed E-state index contributed by atoms with van der Waals surface area (Å²) in [6, 6.07) is 9.50. The molecular weight excluding hydrogens is 294 g/mol. The van der Waals surface area contributed by atoms with E-state index in [1.54, 1.807) is 24.3 Å². The van der Waals surface area contributed by atoms with Crippen LogP contribution in [0.3, 0.4) is 0 Å². The van der Waals surface area contributed by atoms with Gasteiger partial charge in [-0.25, -0.2) is 4.79 Å². The number of quaternary nitrogens is 1. The van der Waals surface area contributed by atoms with Crippen LogP contribution in [-0.2, 0) is 14.3 Å². The van der Waals surface area contributed by atoms with Crippen LogP contribution < -0.4 is 0 Å². The quantitative estimate of drug-likeness (QED) is 0.632. The van der Waals surface area contributed by atoms with E-state index in [4.69, 9.17) is 9.47 Å². The molecule has 0 aliphatic carbocycles. The van der Waals surface area contributed by atoms with Gasteiger partial charge in [0.05, 0.1) is 32.8 Å². The summed E-state index contributed by atoms with van der Waals surface area (Å²) in [6.07, 6.45) is 2.34. The highest BCUT2D eigenvalue weighted by Crippen LogP contribution is 2.44. The molecule has 4 atom stereocenters. The Bertz CT molecular complexity index is 598. The first-order valence-corrected chi connectivity index (χ1v) is 8.12. The van der Waals surface area contributed by atoms with Crippen LogP contribution in [0.15, 0.2) is 30.3 Å². The zero-order valence-electron chi connectivity index (χ0n) is 13.9. The van der Waals surface area contributed by atoms with Gasteiger partial charge in [0.25, 0.3) is 0 Å². The van der Waals surface area contributed by atoms with Gasteiger partial charge < -0.3 is 14.0 Å². The maximum absolute atomic E-state index is 12.4. The molecule has 0 spiro atoms. The van der Waals surface area contributed by atoms with Gasteiger partial charge in [-0.15, -0.1) is 0 Å². The van der Waals surface area contributed by atoms with Crippen molar-refractivity contribution in [2.75, 3.05) is 21.2 Å². The number of benzene rings is 1. The highest BCUT2D eigenvalue weighted by Gasteiger charge is 2.58. The third-order valence-electron chi connectivity index (χ3n) is 5.65. The molecule has 2 heterocycles. The monoisotopic (exact) mass is 318 g/mol. The molecule has 3 rings (SSSR count). The molecule has 2 fully saturated rings. The Labute approximate surface area is 136 Å². The molecule has 5 heteroatoms. The van der Waals surface area contributed by atoms with Gasteiger partial charge in [-0.1, -0.05) is 18.2 Å². The van der Waals surface area contributed by atoms with Gasteiger partial charge in [0, 0.05) is 19.3 Å². The van der Waals surface area contributed by atoms with E-state index in [9.17, 15) is 9.59 Å². The van der Waals surface area contributed by atoms with E-state index in [0.29, 0.717) is 18.0 Å². The summed E-state index contributed by atoms with van der Waals surface area (Å²) in [5, 5.41) is 0. The van der Waals surface area contributed by atoms with Crippen molar-refractivity contribution in [2.24, 2.45) is 5.92 Å². The molecular formula is C18H24NO4+. The van der Waals surface area contributed by atoms with Crippen LogP contribution in [0, 0.1) is 5.92 Å². The van der Waals surface area contributed by atoms with Gasteiger partial charge >= 0.3 is 11.9 Å². The van der Waals surface area contributed by atoms with Crippen LogP contribution in [0.2, 0.25) is 0 Å². The lowest BCUT2D eigenvalue weighted by Gasteiger charge is -2.47. The molecule has 23 heavy (non-hydrogen) atoms. The number of hydrogen-bond donors (Lipinski definition) is 0. The van der Waals surface area contributed by atoms with Gasteiger partial charge in [0.1, 0.15) is 18.1 Å². The number of methoxy groups -OCH3 is 1. The molecule has 2 saturated heterocycles. The van der Waals surface area contributed by atoms with Crippen molar-refractivity contribution in [1.29, 1.82) is 0 Å². The van der Waals surface area contributed by atoms with E-state index < -0.39 is 6.10 Å². The molecule has 1 aromatic carbocycles. The molecule has 0 amide bonds. The average molecular weight is 318 g/mol. The first-order chi connectivity index (χ1) is 10.9. The number of piperidine rings is 1. The zero-order chi connectivity index (χ0) is 16.6. The number of carbonyl (C=O) groups excluding carboxylic acids is 2. The second-order valence-electron chi connectivity index (χ2n) is 7.02. The van der Waals surface area contributed by atoms with Crippen molar-refractivity contribution >= 4 is 11.9 Å². The van der Waals surface area contributed by atoms with Gasteiger partial charge in [0.15, 0.2) is 0 Å². The largest absolute Gasteiger partial charge is 0.469 e. The van der Waals surface area contributed by atoms with Crippen molar-refractivity contribution < 1.29 is 23.5 Å². The molecule has 5 nitrogen and oxygen atoms in total. The minimum atomic E-state index is -0.404. The summed E-state index contributed by atoms with van der Waals surface area (Å²) in [5.74, 6) is -1.02. The number of hydrogen-bond acceptors (Lipinski definition) is 4. The highest BCUT2D eigenvalue weighted by atomic mass is 16.6. The van der Waals surface area contributed by atoms with Crippen molar-refractivity contribution in [3.8, 4) is 0 Å². The Hall–Kier alpha value is -1.88. The van der Waals surface area contributed by atoms with Gasteiger partial charge in [-0.05, 0) is 12.1 Å². The van der Waals surface area contributed by atoms with Gasteiger partial charge in [-0.3, -0.25) is 4.79 Å². The number of ether oxygens (including phenoxy) is 2. The molecule has 2 unspecified atom stereocenters. The Kier molecular flexibility index (Phi) is 4.15. The number of nitrogens with zero attached hydrogens (tertiary/aromatic N) is 1. The SMILES string of the molecule is COC(=O)[C@@H]1C2CCC(C[C@@H]1OC(=O)c1ccccc1)[N+]2(C)C. The first-order valence-electron chi connectivity index (χ1n) is 8.12. The second kappa shape index (κ2) is 5.96. The Morgan fingerprint density at radius 1 is 1.13 bits per heavy atom. The van der Waals surface area contributed by atoms with E-state index in [0.717, 1.165) is 17.3 Å². The number of esters is 2. The molecule has 0 radical (unpaired) electrons. The predicted molar refractivity (Wildman–Crippen MR) is 84.7 cm³/mol. The summed E-state index contributed by atoms with van der Waals surface area (Å²) >= 11 is 0. The molecule has 2 aliphatic heterocycles. The number of fused-ring (bicyclic) bond motifs is 2. The first kappa shape index (κ1) is 16.0. The topological polar surface area (TPSA) is 52.6 Å². The fourth-order valence-corrected chi connectivity index (χ4v) is 4.29. The van der Waals surface area contributed by atoms with Crippen LogP contribution >= 0.6 is 0 Å². The Balaban J connectivity index is 1.83. The second-order valence-corrected chi connectivity index (χ2v) is 7.02. The van der Waals surface area contributed by atoms with Gasteiger partial charge in [0.2, 0.25) is 0 Å². The third kappa shape index (κ3) is 2.74. The minimum absolute atomic E-state index is 0.148. The molecule has 2 aliphatic rings. The molecule has 2 bridgehead atoms. The van der Waals surface area contributed by atoms with E-state index in [1.165, 1.54) is 7.11 Å². The summed E-state index contributed by atoms with van der Waals surface area (Å²) in [7, 11) is 5.72. The van der Waals surface area contributed by atoms with E-state index in [-0.39, 0.29) is 23.9 Å². The molecule has 124 valence electrons. The van der Waals surface area contributed by atoms with Crippen LogP contribution in [-0.4, -0.2) is 55.8 Å². The Morgan fingerprint density at radius 3 is 2.48 bits per heavy atom. The molecule has 1 aromatic rings. The van der Waals surface area contributed by atoms with Crippen LogP contribution in [0.1, 0.15) is 29.6 Å². The van der Waals surface area contributed by atoms with Crippen LogP contribution in [0.4, 0.5) is 0 Å². The maximum atomic E-state index is 12.4. The standard InChI is InChI=1S/C18H24NO4/c1-19(2)13-9-10-14(19)16(18(21)22-3)15(11-13)23-17(20)12-7-5-4-6-8-12/h4-8,13-16H,9-11H2,1-3H3/q+1/t13?,14?,15-,16+/m0/s1. The van der Waals surface area contributed by atoms with Crippen LogP contribution in [0.25, 0.3) is 0 Å². The number of carbonyl (C=O) groups is 2. The number of rotatable bonds is 3.